The van der Waals surface area contributed by atoms with Crippen molar-refractivity contribution >= 4 is 13.5 Å². The van der Waals surface area contributed by atoms with Gasteiger partial charge in [0.05, 0.1) is 0 Å². The number of benzene rings is 2. The normalized spacial score (nSPS) is 14.6. The Bertz CT molecular complexity index is 809. The molecule has 0 saturated heterocycles. The number of nitrogens with zero attached hydrogens (tertiary/aromatic N) is 1. The molecule has 146 valence electrons. The van der Waals surface area contributed by atoms with E-state index >= 15 is 0 Å². The maximum absolute atomic E-state index is 13.9. The van der Waals surface area contributed by atoms with E-state index in [9.17, 15) is 14.5 Å². The van der Waals surface area contributed by atoms with Crippen LogP contribution in [0.5, 0.6) is 11.5 Å². The Morgan fingerprint density at radius 3 is 2.22 bits per heavy atom. The third kappa shape index (κ3) is 5.34. The number of carbonyl (C=O) groups is 1. The SMILES string of the molecule is Cc1ccccc1OCP(=O)(Oc1ccccc1)N(C(C)C)[C@@H](C)C(=O)O. The van der Waals surface area contributed by atoms with Gasteiger partial charge < -0.3 is 14.4 Å². The van der Waals surface area contributed by atoms with Crippen molar-refractivity contribution in [3.05, 3.63) is 60.2 Å². The molecule has 0 aromatic heterocycles. The lowest BCUT2D eigenvalue weighted by Crippen LogP contribution is -2.43. The molecular weight excluding hydrogens is 365 g/mol. The molecule has 27 heavy (non-hydrogen) atoms. The van der Waals surface area contributed by atoms with E-state index in [1.165, 1.54) is 11.6 Å². The summed E-state index contributed by atoms with van der Waals surface area (Å²) >= 11 is 0. The van der Waals surface area contributed by atoms with Gasteiger partial charge in [0, 0.05) is 6.04 Å². The second-order valence-electron chi connectivity index (χ2n) is 6.57. The summed E-state index contributed by atoms with van der Waals surface area (Å²) in [6, 6.07) is 14.8. The number of carboxylic acid groups (broad SMARTS) is 1. The van der Waals surface area contributed by atoms with Gasteiger partial charge in [-0.15, -0.1) is 0 Å². The van der Waals surface area contributed by atoms with Crippen molar-refractivity contribution < 1.29 is 23.7 Å². The molecule has 2 rings (SSSR count). The summed E-state index contributed by atoms with van der Waals surface area (Å²) < 4.78 is 26.9. The Morgan fingerprint density at radius 2 is 1.67 bits per heavy atom. The van der Waals surface area contributed by atoms with Gasteiger partial charge in [0.15, 0.2) is 6.35 Å². The molecule has 0 saturated carbocycles. The first-order chi connectivity index (χ1) is 12.7. The van der Waals surface area contributed by atoms with Gasteiger partial charge in [-0.1, -0.05) is 36.4 Å². The molecule has 1 unspecified atom stereocenters. The molecule has 0 aliphatic heterocycles. The highest BCUT2D eigenvalue weighted by atomic mass is 31.2. The number of ether oxygens (including phenoxy) is 1. The zero-order valence-electron chi connectivity index (χ0n) is 16.0. The van der Waals surface area contributed by atoms with Crippen molar-refractivity contribution in [3.8, 4) is 11.5 Å². The van der Waals surface area contributed by atoms with Crippen LogP contribution in [0.4, 0.5) is 0 Å². The fraction of sp³-hybridized carbons (Fsp3) is 0.350. The van der Waals surface area contributed by atoms with E-state index in [-0.39, 0.29) is 12.4 Å². The third-order valence-corrected chi connectivity index (χ3v) is 6.57. The first-order valence-electron chi connectivity index (χ1n) is 8.78. The molecule has 0 fully saturated rings. The van der Waals surface area contributed by atoms with Gasteiger partial charge in [-0.25, -0.2) is 4.67 Å². The maximum atomic E-state index is 13.9. The highest BCUT2D eigenvalue weighted by Gasteiger charge is 2.42. The summed E-state index contributed by atoms with van der Waals surface area (Å²) in [7, 11) is -3.67. The minimum atomic E-state index is -3.67. The molecular formula is C20H26NO5P. The molecule has 0 spiro atoms. The molecule has 2 atom stereocenters. The van der Waals surface area contributed by atoms with Crippen LogP contribution < -0.4 is 9.26 Å². The number of rotatable bonds is 9. The number of aryl methyl sites for hydroxylation is 1. The molecule has 0 aliphatic rings. The zero-order valence-corrected chi connectivity index (χ0v) is 16.9. The molecule has 1 N–H and O–H groups in total. The molecule has 0 bridgehead atoms. The van der Waals surface area contributed by atoms with Crippen LogP contribution in [0.15, 0.2) is 54.6 Å². The van der Waals surface area contributed by atoms with E-state index < -0.39 is 19.5 Å². The zero-order chi connectivity index (χ0) is 20.0. The molecule has 6 nitrogen and oxygen atoms in total. The number of hydrogen-bond donors (Lipinski definition) is 1. The Hall–Kier alpha value is -2.30. The Labute approximate surface area is 160 Å². The second kappa shape index (κ2) is 9.07. The van der Waals surface area contributed by atoms with Gasteiger partial charge in [-0.05, 0) is 51.5 Å². The van der Waals surface area contributed by atoms with Crippen molar-refractivity contribution in [2.45, 2.75) is 39.8 Å². The molecule has 0 radical (unpaired) electrons. The van der Waals surface area contributed by atoms with Gasteiger partial charge in [0.25, 0.3) is 0 Å². The first-order valence-corrected chi connectivity index (χ1v) is 10.5. The van der Waals surface area contributed by atoms with E-state index in [0.717, 1.165) is 5.56 Å². The summed E-state index contributed by atoms with van der Waals surface area (Å²) in [5.41, 5.74) is 0.895. The van der Waals surface area contributed by atoms with Crippen LogP contribution in [0.2, 0.25) is 0 Å². The van der Waals surface area contributed by atoms with Crippen molar-refractivity contribution in [3.63, 3.8) is 0 Å². The van der Waals surface area contributed by atoms with Gasteiger partial charge in [0.1, 0.15) is 17.5 Å². The third-order valence-electron chi connectivity index (χ3n) is 4.10. The summed E-state index contributed by atoms with van der Waals surface area (Å²) in [6.45, 7) is 6.96. The number of hydrogen-bond acceptors (Lipinski definition) is 4. The van der Waals surface area contributed by atoms with Gasteiger partial charge in [-0.3, -0.25) is 9.36 Å². The summed E-state index contributed by atoms with van der Waals surface area (Å²) in [5.74, 6) is -0.0880. The van der Waals surface area contributed by atoms with E-state index in [2.05, 4.69) is 0 Å². The molecule has 0 aliphatic carbocycles. The van der Waals surface area contributed by atoms with Crippen LogP contribution in [0.1, 0.15) is 26.3 Å². The fourth-order valence-corrected chi connectivity index (χ4v) is 5.20. The topological polar surface area (TPSA) is 76.1 Å². The van der Waals surface area contributed by atoms with Crippen molar-refractivity contribution in [2.75, 3.05) is 6.35 Å². The van der Waals surface area contributed by atoms with E-state index in [1.807, 2.05) is 31.2 Å². The predicted molar refractivity (Wildman–Crippen MR) is 105 cm³/mol. The van der Waals surface area contributed by atoms with Crippen LogP contribution in [-0.2, 0) is 9.36 Å². The standard InChI is InChI=1S/C20H26NO5P/c1-15(2)21(17(4)20(22)23)27(24,26-18-11-6-5-7-12-18)14-25-19-13-9-8-10-16(19)3/h5-13,15,17H,14H2,1-4H3,(H,22,23)/t17-,27?/m0/s1. The molecule has 2 aromatic rings. The van der Waals surface area contributed by atoms with Crippen molar-refractivity contribution in [1.29, 1.82) is 0 Å². The Kier molecular flexibility index (Phi) is 7.05. The van der Waals surface area contributed by atoms with Crippen molar-refractivity contribution in [2.24, 2.45) is 0 Å². The maximum Gasteiger partial charge on any atom is 0.357 e. The summed E-state index contributed by atoms with van der Waals surface area (Å²) in [4.78, 5) is 11.6. The monoisotopic (exact) mass is 391 g/mol. The highest BCUT2D eigenvalue weighted by molar-refractivity contribution is 7.56. The predicted octanol–water partition coefficient (Wildman–Crippen LogP) is 4.79. The lowest BCUT2D eigenvalue weighted by Gasteiger charge is -2.36. The molecule has 0 heterocycles. The molecule has 7 heteroatoms. The van der Waals surface area contributed by atoms with Crippen LogP contribution in [0.3, 0.4) is 0 Å². The highest BCUT2D eigenvalue weighted by Crippen LogP contribution is 2.53. The smallest absolute Gasteiger partial charge is 0.357 e. The van der Waals surface area contributed by atoms with Gasteiger partial charge >= 0.3 is 13.5 Å². The van der Waals surface area contributed by atoms with E-state index in [1.54, 1.807) is 44.2 Å². The number of aliphatic carboxylic acids is 1. The largest absolute Gasteiger partial charge is 0.481 e. The average Bonchev–Trinajstić information content (AvgIpc) is 2.61. The minimum absolute atomic E-state index is 0.261. The second-order valence-corrected chi connectivity index (χ2v) is 8.75. The van der Waals surface area contributed by atoms with E-state index in [0.29, 0.717) is 11.5 Å². The van der Waals surface area contributed by atoms with Gasteiger partial charge in [-0.2, -0.15) is 0 Å². The van der Waals surface area contributed by atoms with Crippen LogP contribution in [-0.4, -0.2) is 34.2 Å². The Balaban J connectivity index is 2.38. The first kappa shape index (κ1) is 21.0. The minimum Gasteiger partial charge on any atom is -0.481 e. The fourth-order valence-electron chi connectivity index (χ4n) is 2.83. The molecule has 0 amide bonds. The van der Waals surface area contributed by atoms with E-state index in [4.69, 9.17) is 9.26 Å². The number of para-hydroxylation sites is 2. The van der Waals surface area contributed by atoms with Gasteiger partial charge in [0.2, 0.25) is 0 Å². The average molecular weight is 391 g/mol. The summed E-state index contributed by atoms with van der Waals surface area (Å²) in [6.07, 6.45) is -0.261. The lowest BCUT2D eigenvalue weighted by molar-refractivity contribution is -0.141. The number of carboxylic acids is 1. The van der Waals surface area contributed by atoms with Crippen molar-refractivity contribution in [1.82, 2.24) is 4.67 Å². The quantitative estimate of drug-likeness (QED) is 0.620. The van der Waals surface area contributed by atoms with Crippen LogP contribution >= 0.6 is 7.52 Å². The van der Waals surface area contributed by atoms with Crippen LogP contribution in [0, 0.1) is 6.92 Å². The van der Waals surface area contributed by atoms with Crippen LogP contribution in [0.25, 0.3) is 0 Å². The Morgan fingerprint density at radius 1 is 1.07 bits per heavy atom. The summed E-state index contributed by atoms with van der Waals surface area (Å²) in [5, 5.41) is 9.50. The lowest BCUT2D eigenvalue weighted by atomic mass is 10.2. The molecule has 2 aromatic carbocycles.